The van der Waals surface area contributed by atoms with E-state index < -0.39 is 8.25 Å². The van der Waals surface area contributed by atoms with E-state index in [0.29, 0.717) is 13.2 Å². The summed E-state index contributed by atoms with van der Waals surface area (Å²) >= 11 is 0. The minimum absolute atomic E-state index is 0.0976. The van der Waals surface area contributed by atoms with Crippen molar-refractivity contribution in [2.45, 2.75) is 24.7 Å². The fourth-order valence-electron chi connectivity index (χ4n) is 4.13. The molecule has 0 aliphatic heterocycles. The van der Waals surface area contributed by atoms with E-state index in [4.69, 9.17) is 9.05 Å². The summed E-state index contributed by atoms with van der Waals surface area (Å²) < 4.78 is 24.2. The summed E-state index contributed by atoms with van der Waals surface area (Å²) in [5.74, 6) is 0.195. The molecule has 0 fully saturated rings. The highest BCUT2D eigenvalue weighted by Gasteiger charge is 2.27. The van der Waals surface area contributed by atoms with Gasteiger partial charge >= 0.3 is 8.25 Å². The zero-order chi connectivity index (χ0) is 23.4. The molecule has 0 saturated heterocycles. The Morgan fingerprint density at radius 3 is 1.18 bits per heavy atom. The lowest BCUT2D eigenvalue weighted by Crippen LogP contribution is -2.11. The lowest BCUT2D eigenvalue weighted by molar-refractivity contribution is 0.204. The van der Waals surface area contributed by atoms with E-state index in [1.54, 1.807) is 0 Å². The summed E-state index contributed by atoms with van der Waals surface area (Å²) in [5.41, 5.74) is 4.79. The van der Waals surface area contributed by atoms with Gasteiger partial charge in [0.05, 0.1) is 0 Å². The highest BCUT2D eigenvalue weighted by molar-refractivity contribution is 7.33. The molecular formula is C30H30O3P+. The van der Waals surface area contributed by atoms with Gasteiger partial charge in [0.2, 0.25) is 0 Å². The Labute approximate surface area is 203 Å². The Morgan fingerprint density at radius 1 is 0.500 bits per heavy atom. The van der Waals surface area contributed by atoms with Crippen molar-refractivity contribution in [3.05, 3.63) is 144 Å². The summed E-state index contributed by atoms with van der Waals surface area (Å²) in [6, 6.07) is 41.1. The second kappa shape index (κ2) is 13.0. The van der Waals surface area contributed by atoms with E-state index in [0.717, 1.165) is 12.8 Å². The predicted octanol–water partition coefficient (Wildman–Crippen LogP) is 7.73. The molecule has 4 heteroatoms. The van der Waals surface area contributed by atoms with Crippen molar-refractivity contribution in [2.24, 2.45) is 0 Å². The van der Waals surface area contributed by atoms with Crippen LogP contribution >= 0.6 is 8.25 Å². The average molecular weight is 470 g/mol. The van der Waals surface area contributed by atoms with E-state index in [9.17, 15) is 4.57 Å². The molecule has 34 heavy (non-hydrogen) atoms. The van der Waals surface area contributed by atoms with Crippen molar-refractivity contribution >= 4 is 8.25 Å². The Kier molecular flexibility index (Phi) is 9.16. The molecule has 0 bridgehead atoms. The highest BCUT2D eigenvalue weighted by Crippen LogP contribution is 2.32. The quantitative estimate of drug-likeness (QED) is 0.199. The Bertz CT molecular complexity index is 1030. The molecule has 172 valence electrons. The molecular weight excluding hydrogens is 439 g/mol. The third-order valence-electron chi connectivity index (χ3n) is 5.95. The van der Waals surface area contributed by atoms with Gasteiger partial charge in [-0.25, -0.2) is 0 Å². The normalized spacial score (nSPS) is 13.2. The molecule has 2 unspecified atom stereocenters. The molecule has 0 aliphatic carbocycles. The van der Waals surface area contributed by atoms with E-state index in [1.807, 2.05) is 72.8 Å². The van der Waals surface area contributed by atoms with Crippen LogP contribution in [0.1, 0.15) is 34.1 Å². The summed E-state index contributed by atoms with van der Waals surface area (Å²) in [7, 11) is -2.23. The molecule has 0 heterocycles. The summed E-state index contributed by atoms with van der Waals surface area (Å²) in [5, 5.41) is 0. The third kappa shape index (κ3) is 7.46. The first-order valence-electron chi connectivity index (χ1n) is 11.7. The smallest absolute Gasteiger partial charge is 0.118 e. The van der Waals surface area contributed by atoms with Gasteiger partial charge in [0.25, 0.3) is 0 Å². The van der Waals surface area contributed by atoms with Crippen LogP contribution in [-0.4, -0.2) is 13.2 Å². The second-order valence-corrected chi connectivity index (χ2v) is 9.37. The van der Waals surface area contributed by atoms with Gasteiger partial charge in [-0.3, -0.25) is 0 Å². The van der Waals surface area contributed by atoms with Crippen LogP contribution in [0.5, 0.6) is 0 Å². The van der Waals surface area contributed by atoms with Gasteiger partial charge in [0.15, 0.2) is 0 Å². The number of rotatable bonds is 12. The lowest BCUT2D eigenvalue weighted by atomic mass is 9.93. The van der Waals surface area contributed by atoms with Gasteiger partial charge in [-0.2, -0.15) is 0 Å². The van der Waals surface area contributed by atoms with E-state index in [2.05, 4.69) is 48.5 Å². The molecule has 0 N–H and O–H groups in total. The largest absolute Gasteiger partial charge is 0.697 e. The van der Waals surface area contributed by atoms with Crippen molar-refractivity contribution in [3.8, 4) is 0 Å². The molecule has 0 spiro atoms. The minimum atomic E-state index is -2.23. The highest BCUT2D eigenvalue weighted by atomic mass is 31.1. The molecule has 4 aromatic carbocycles. The van der Waals surface area contributed by atoms with Gasteiger partial charge in [-0.1, -0.05) is 121 Å². The molecule has 0 radical (unpaired) electrons. The first-order valence-corrected chi connectivity index (χ1v) is 12.8. The summed E-state index contributed by atoms with van der Waals surface area (Å²) in [4.78, 5) is 0. The van der Waals surface area contributed by atoms with Gasteiger partial charge in [0, 0.05) is 16.4 Å². The molecule has 4 aromatic rings. The van der Waals surface area contributed by atoms with E-state index >= 15 is 0 Å². The molecule has 0 amide bonds. The van der Waals surface area contributed by atoms with Crippen LogP contribution in [0.25, 0.3) is 0 Å². The van der Waals surface area contributed by atoms with Gasteiger partial charge in [-0.05, 0) is 35.1 Å². The van der Waals surface area contributed by atoms with E-state index in [-0.39, 0.29) is 11.8 Å². The summed E-state index contributed by atoms with van der Waals surface area (Å²) in [6.07, 6.45) is 1.63. The van der Waals surface area contributed by atoms with Gasteiger partial charge in [-0.15, -0.1) is 9.05 Å². The van der Waals surface area contributed by atoms with Crippen LogP contribution in [0.15, 0.2) is 121 Å². The maximum atomic E-state index is 12.7. The second-order valence-electron chi connectivity index (χ2n) is 8.41. The number of benzene rings is 4. The number of hydrogen-bond donors (Lipinski definition) is 0. The minimum Gasteiger partial charge on any atom is -0.118 e. The standard InChI is InChI=1S/C30H30O3P/c31-34(32-23-29(27-17-9-3-10-18-27)21-25-13-5-1-6-14-25)33-24-30(28-19-11-4-12-20-28)22-26-15-7-2-8-16-26/h1-20,29-30H,21-24H2/q+1. The molecule has 3 nitrogen and oxygen atoms in total. The van der Waals surface area contributed by atoms with Crippen molar-refractivity contribution in [1.29, 1.82) is 0 Å². The van der Waals surface area contributed by atoms with Crippen LogP contribution in [0, 0.1) is 0 Å². The topological polar surface area (TPSA) is 35.5 Å². The van der Waals surface area contributed by atoms with Crippen molar-refractivity contribution in [2.75, 3.05) is 13.2 Å². The Morgan fingerprint density at radius 2 is 0.824 bits per heavy atom. The zero-order valence-corrected chi connectivity index (χ0v) is 20.1. The van der Waals surface area contributed by atoms with E-state index in [1.165, 1.54) is 22.3 Å². The Hall–Kier alpha value is -3.10. The maximum Gasteiger partial charge on any atom is 0.697 e. The zero-order valence-electron chi connectivity index (χ0n) is 19.2. The molecule has 0 saturated carbocycles. The van der Waals surface area contributed by atoms with Crippen molar-refractivity contribution in [1.82, 2.24) is 0 Å². The first kappa shape index (κ1) is 24.0. The average Bonchev–Trinajstić information content (AvgIpc) is 2.91. The maximum absolute atomic E-state index is 12.7. The van der Waals surface area contributed by atoms with Crippen LogP contribution in [-0.2, 0) is 26.5 Å². The van der Waals surface area contributed by atoms with Gasteiger partial charge < -0.3 is 0 Å². The monoisotopic (exact) mass is 469 g/mol. The lowest BCUT2D eigenvalue weighted by Gasteiger charge is -2.16. The van der Waals surface area contributed by atoms with Crippen LogP contribution < -0.4 is 0 Å². The number of hydrogen-bond acceptors (Lipinski definition) is 3. The van der Waals surface area contributed by atoms with Crippen LogP contribution in [0.2, 0.25) is 0 Å². The van der Waals surface area contributed by atoms with Gasteiger partial charge in [0.1, 0.15) is 13.2 Å². The predicted molar refractivity (Wildman–Crippen MR) is 138 cm³/mol. The first-order chi connectivity index (χ1) is 16.8. The molecule has 0 aromatic heterocycles. The summed E-state index contributed by atoms with van der Waals surface area (Å²) in [6.45, 7) is 0.672. The third-order valence-corrected chi connectivity index (χ3v) is 6.67. The Balaban J connectivity index is 1.37. The van der Waals surface area contributed by atoms with Crippen molar-refractivity contribution in [3.63, 3.8) is 0 Å². The van der Waals surface area contributed by atoms with Crippen molar-refractivity contribution < 1.29 is 13.6 Å². The fraction of sp³-hybridized carbons (Fsp3) is 0.200. The van der Waals surface area contributed by atoms with Crippen LogP contribution in [0.4, 0.5) is 0 Å². The fourth-order valence-corrected chi connectivity index (χ4v) is 4.81. The molecule has 4 rings (SSSR count). The van der Waals surface area contributed by atoms with Crippen LogP contribution in [0.3, 0.4) is 0 Å². The molecule has 0 aliphatic rings. The SMILES string of the molecule is O=[P+](OCC(Cc1ccccc1)c1ccccc1)OCC(Cc1ccccc1)c1ccccc1. The molecule has 2 atom stereocenters.